The van der Waals surface area contributed by atoms with Gasteiger partial charge < -0.3 is 10.8 Å². The number of rotatable bonds is 8. The lowest BCUT2D eigenvalue weighted by Crippen LogP contribution is -2.26. The van der Waals surface area contributed by atoms with Crippen LogP contribution in [0.5, 0.6) is 0 Å². The van der Waals surface area contributed by atoms with E-state index in [1.807, 2.05) is 0 Å². The topological polar surface area (TPSA) is 63.3 Å². The Bertz CT molecular complexity index is 386. The first kappa shape index (κ1) is 15.7. The van der Waals surface area contributed by atoms with Crippen molar-refractivity contribution in [3.63, 3.8) is 0 Å². The molecule has 3 nitrogen and oxygen atoms in total. The Morgan fingerprint density at radius 1 is 1.32 bits per heavy atom. The second-order valence-electron chi connectivity index (χ2n) is 5.58. The second kappa shape index (κ2) is 7.95. The summed E-state index contributed by atoms with van der Waals surface area (Å²) in [5, 5.41) is 8.66. The molecule has 0 saturated heterocycles. The van der Waals surface area contributed by atoms with E-state index in [1.165, 1.54) is 11.1 Å². The van der Waals surface area contributed by atoms with Crippen molar-refractivity contribution in [1.82, 2.24) is 0 Å². The molecule has 0 fully saturated rings. The van der Waals surface area contributed by atoms with Crippen molar-refractivity contribution in [1.29, 1.82) is 0 Å². The predicted molar refractivity (Wildman–Crippen MR) is 78.1 cm³/mol. The van der Waals surface area contributed by atoms with E-state index in [1.54, 1.807) is 0 Å². The fourth-order valence-corrected chi connectivity index (χ4v) is 2.35. The molecular weight excluding hydrogens is 238 g/mol. The molecule has 0 aliphatic carbocycles. The Hall–Kier alpha value is -1.35. The molecule has 19 heavy (non-hydrogen) atoms. The summed E-state index contributed by atoms with van der Waals surface area (Å²) in [6.45, 7) is 4.24. The first-order valence-corrected chi connectivity index (χ1v) is 7.00. The van der Waals surface area contributed by atoms with E-state index < -0.39 is 5.97 Å². The lowest BCUT2D eigenvalue weighted by molar-refractivity contribution is -0.137. The van der Waals surface area contributed by atoms with Crippen LogP contribution >= 0.6 is 0 Å². The van der Waals surface area contributed by atoms with Gasteiger partial charge in [-0.25, -0.2) is 0 Å². The summed E-state index contributed by atoms with van der Waals surface area (Å²) in [7, 11) is 0. The van der Waals surface area contributed by atoms with Crippen molar-refractivity contribution in [3.05, 3.63) is 35.4 Å². The maximum Gasteiger partial charge on any atom is 0.304 e. The van der Waals surface area contributed by atoms with E-state index in [2.05, 4.69) is 38.1 Å². The highest BCUT2D eigenvalue weighted by atomic mass is 16.4. The third kappa shape index (κ3) is 6.97. The van der Waals surface area contributed by atoms with Crippen molar-refractivity contribution in [2.75, 3.05) is 0 Å². The number of carboxylic acids is 1. The Morgan fingerprint density at radius 2 is 1.95 bits per heavy atom. The molecule has 0 spiro atoms. The van der Waals surface area contributed by atoms with Gasteiger partial charge in [0.15, 0.2) is 0 Å². The van der Waals surface area contributed by atoms with Gasteiger partial charge in [-0.3, -0.25) is 4.79 Å². The zero-order valence-corrected chi connectivity index (χ0v) is 11.9. The third-order valence-electron chi connectivity index (χ3n) is 3.42. The molecule has 0 unspecified atom stereocenters. The number of aryl methyl sites for hydroxylation is 2. The molecule has 0 aliphatic rings. The first-order chi connectivity index (χ1) is 8.97. The van der Waals surface area contributed by atoms with Crippen LogP contribution < -0.4 is 5.73 Å². The Labute approximate surface area is 115 Å². The average molecular weight is 263 g/mol. The fraction of sp³-hybridized carbons (Fsp3) is 0.562. The zero-order chi connectivity index (χ0) is 14.3. The van der Waals surface area contributed by atoms with Crippen LogP contribution in [-0.4, -0.2) is 17.1 Å². The molecule has 0 bridgehead atoms. The van der Waals surface area contributed by atoms with Crippen molar-refractivity contribution in [3.8, 4) is 0 Å². The van der Waals surface area contributed by atoms with Crippen LogP contribution in [0.4, 0.5) is 0 Å². The molecule has 0 amide bonds. The van der Waals surface area contributed by atoms with Crippen LogP contribution in [0.15, 0.2) is 24.3 Å². The molecule has 3 N–H and O–H groups in total. The minimum atomic E-state index is -0.806. The predicted octanol–water partition coefficient (Wildman–Crippen LogP) is 3.15. The van der Waals surface area contributed by atoms with E-state index in [0.29, 0.717) is 5.92 Å². The highest BCUT2D eigenvalue weighted by molar-refractivity contribution is 5.67. The highest BCUT2D eigenvalue weighted by Gasteiger charge is 2.12. The molecule has 0 heterocycles. The number of benzene rings is 1. The van der Waals surface area contributed by atoms with Gasteiger partial charge in [0, 0.05) is 6.04 Å². The van der Waals surface area contributed by atoms with Gasteiger partial charge in [0.2, 0.25) is 0 Å². The van der Waals surface area contributed by atoms with Crippen molar-refractivity contribution >= 4 is 5.97 Å². The van der Waals surface area contributed by atoms with Crippen LogP contribution in [-0.2, 0) is 11.2 Å². The number of nitrogens with two attached hydrogens (primary N) is 1. The maximum atomic E-state index is 10.5. The maximum absolute atomic E-state index is 10.5. The highest BCUT2D eigenvalue weighted by Crippen LogP contribution is 2.16. The summed E-state index contributed by atoms with van der Waals surface area (Å²) in [5.41, 5.74) is 8.45. The van der Waals surface area contributed by atoms with E-state index in [-0.39, 0.29) is 12.5 Å². The summed E-state index contributed by atoms with van der Waals surface area (Å²) in [4.78, 5) is 10.5. The van der Waals surface area contributed by atoms with E-state index in [9.17, 15) is 4.79 Å². The van der Waals surface area contributed by atoms with Crippen LogP contribution in [0, 0.1) is 12.8 Å². The Kier molecular flexibility index (Phi) is 6.57. The van der Waals surface area contributed by atoms with Gasteiger partial charge in [0.05, 0.1) is 6.42 Å². The molecule has 1 rings (SSSR count). The Morgan fingerprint density at radius 3 is 2.53 bits per heavy atom. The minimum absolute atomic E-state index is 0.0717. The molecule has 1 aromatic carbocycles. The van der Waals surface area contributed by atoms with E-state index >= 15 is 0 Å². The van der Waals surface area contributed by atoms with Gasteiger partial charge in [0.25, 0.3) is 0 Å². The van der Waals surface area contributed by atoms with Crippen LogP contribution in [0.1, 0.15) is 43.7 Å². The molecule has 1 aromatic rings. The summed E-state index contributed by atoms with van der Waals surface area (Å²) in [6, 6.07) is 8.42. The monoisotopic (exact) mass is 263 g/mol. The Balaban J connectivity index is 2.21. The van der Waals surface area contributed by atoms with Gasteiger partial charge >= 0.3 is 5.97 Å². The van der Waals surface area contributed by atoms with Gasteiger partial charge in [-0.05, 0) is 37.7 Å². The van der Waals surface area contributed by atoms with E-state index in [4.69, 9.17) is 10.8 Å². The van der Waals surface area contributed by atoms with Crippen molar-refractivity contribution < 1.29 is 9.90 Å². The second-order valence-corrected chi connectivity index (χ2v) is 5.58. The van der Waals surface area contributed by atoms with E-state index in [0.717, 1.165) is 25.7 Å². The number of aliphatic carboxylic acids is 1. The summed E-state index contributed by atoms with van der Waals surface area (Å²) in [5.74, 6) is -0.320. The number of hydrogen-bond donors (Lipinski definition) is 2. The summed E-state index contributed by atoms with van der Waals surface area (Å²) >= 11 is 0. The van der Waals surface area contributed by atoms with Gasteiger partial charge in [-0.2, -0.15) is 0 Å². The van der Waals surface area contributed by atoms with Crippen LogP contribution in [0.2, 0.25) is 0 Å². The van der Waals surface area contributed by atoms with Crippen molar-refractivity contribution in [2.45, 2.75) is 52.0 Å². The largest absolute Gasteiger partial charge is 0.481 e. The third-order valence-corrected chi connectivity index (χ3v) is 3.42. The lowest BCUT2D eigenvalue weighted by Gasteiger charge is -2.15. The van der Waals surface area contributed by atoms with Crippen molar-refractivity contribution in [2.24, 2.45) is 11.7 Å². The zero-order valence-electron chi connectivity index (χ0n) is 11.9. The summed E-state index contributed by atoms with van der Waals surface area (Å²) in [6.07, 6.45) is 4.17. The fourth-order valence-electron chi connectivity index (χ4n) is 2.35. The number of carbonyl (C=O) groups is 1. The number of carboxylic acid groups (broad SMARTS) is 1. The smallest absolute Gasteiger partial charge is 0.304 e. The summed E-state index contributed by atoms with van der Waals surface area (Å²) < 4.78 is 0. The standard InChI is InChI=1S/C16H25NO2/c1-12-6-8-14(9-7-12)5-3-4-13(2)10-15(17)11-16(18)19/h6-9,13,15H,3-5,10-11,17H2,1-2H3,(H,18,19)/t13-,15-/m0/s1. The molecular formula is C16H25NO2. The molecule has 0 aromatic heterocycles. The van der Waals surface area contributed by atoms with Crippen LogP contribution in [0.3, 0.4) is 0 Å². The normalized spacial score (nSPS) is 14.1. The quantitative estimate of drug-likeness (QED) is 0.757. The van der Waals surface area contributed by atoms with Gasteiger partial charge in [-0.1, -0.05) is 43.2 Å². The molecule has 0 saturated carbocycles. The number of hydrogen-bond acceptors (Lipinski definition) is 2. The molecule has 3 heteroatoms. The minimum Gasteiger partial charge on any atom is -0.481 e. The molecule has 2 atom stereocenters. The first-order valence-electron chi connectivity index (χ1n) is 7.00. The molecule has 0 aliphatic heterocycles. The van der Waals surface area contributed by atoms with Gasteiger partial charge in [-0.15, -0.1) is 0 Å². The molecule has 106 valence electrons. The van der Waals surface area contributed by atoms with Crippen LogP contribution in [0.25, 0.3) is 0 Å². The average Bonchev–Trinajstić information content (AvgIpc) is 2.30. The SMILES string of the molecule is Cc1ccc(CCC[C@H](C)C[C@H](N)CC(=O)O)cc1. The molecule has 0 radical (unpaired) electrons. The van der Waals surface area contributed by atoms with Gasteiger partial charge in [0.1, 0.15) is 0 Å². The lowest BCUT2D eigenvalue weighted by atomic mass is 9.94.